The van der Waals surface area contributed by atoms with E-state index in [9.17, 15) is 18.4 Å². The molecule has 0 bridgehead atoms. The van der Waals surface area contributed by atoms with Crippen LogP contribution >= 0.6 is 0 Å². The molecular formula is C22H25F2N3O3. The predicted molar refractivity (Wildman–Crippen MR) is 109 cm³/mol. The summed E-state index contributed by atoms with van der Waals surface area (Å²) in [7, 11) is 0. The molecule has 1 aromatic heterocycles. The van der Waals surface area contributed by atoms with Crippen molar-refractivity contribution in [1.29, 1.82) is 0 Å². The first kappa shape index (κ1) is 21.8. The van der Waals surface area contributed by atoms with Crippen molar-refractivity contribution in [2.75, 3.05) is 31.5 Å². The van der Waals surface area contributed by atoms with Crippen LogP contribution in [0.15, 0.2) is 42.6 Å². The van der Waals surface area contributed by atoms with E-state index in [2.05, 4.69) is 15.0 Å². The maximum Gasteiger partial charge on any atom is 0.317 e. The van der Waals surface area contributed by atoms with E-state index in [1.807, 2.05) is 41.3 Å². The lowest BCUT2D eigenvalue weighted by Crippen LogP contribution is -2.41. The molecule has 6 nitrogen and oxygen atoms in total. The van der Waals surface area contributed by atoms with Crippen LogP contribution in [0.2, 0.25) is 0 Å². The largest absolute Gasteiger partial charge is 0.393 e. The number of anilines is 1. The van der Waals surface area contributed by atoms with Crippen LogP contribution in [0.25, 0.3) is 11.1 Å². The molecule has 1 N–H and O–H groups in total. The number of halogens is 2. The van der Waals surface area contributed by atoms with Crippen LogP contribution in [-0.2, 0) is 20.7 Å². The summed E-state index contributed by atoms with van der Waals surface area (Å²) in [6.45, 7) is 3.38. The van der Waals surface area contributed by atoms with Gasteiger partial charge in [-0.25, -0.2) is 13.8 Å². The second-order valence-corrected chi connectivity index (χ2v) is 7.40. The highest BCUT2D eigenvalue weighted by atomic mass is 19.3. The van der Waals surface area contributed by atoms with Crippen molar-refractivity contribution in [3.05, 3.63) is 48.2 Å². The summed E-state index contributed by atoms with van der Waals surface area (Å²) in [5.74, 6) is -2.98. The fourth-order valence-electron chi connectivity index (χ4n) is 3.29. The summed E-state index contributed by atoms with van der Waals surface area (Å²) in [6, 6.07) is 11.2. The van der Waals surface area contributed by atoms with Crippen LogP contribution in [0.3, 0.4) is 0 Å². The van der Waals surface area contributed by atoms with Gasteiger partial charge < -0.3 is 15.0 Å². The minimum Gasteiger partial charge on any atom is -0.393 e. The van der Waals surface area contributed by atoms with Crippen molar-refractivity contribution in [3.8, 4) is 11.1 Å². The van der Waals surface area contributed by atoms with Gasteiger partial charge in [-0.1, -0.05) is 24.3 Å². The first-order valence-electron chi connectivity index (χ1n) is 9.91. The Hall–Kier alpha value is -2.87. The van der Waals surface area contributed by atoms with Crippen LogP contribution in [0.4, 0.5) is 14.6 Å². The van der Waals surface area contributed by atoms with Gasteiger partial charge in [-0.05, 0) is 23.3 Å². The summed E-state index contributed by atoms with van der Waals surface area (Å²) in [5, 5.41) is 3.22. The summed E-state index contributed by atoms with van der Waals surface area (Å²) < 4.78 is 30.9. The molecule has 2 heterocycles. The molecule has 8 heteroatoms. The second kappa shape index (κ2) is 9.75. The highest BCUT2D eigenvalue weighted by molar-refractivity contribution is 5.85. The molecule has 0 spiro atoms. The average Bonchev–Trinajstić information content (AvgIpc) is 2.70. The lowest BCUT2D eigenvalue weighted by molar-refractivity contribution is -0.157. The minimum absolute atomic E-state index is 0.0373. The highest BCUT2D eigenvalue weighted by Gasteiger charge is 2.33. The number of hydrogen-bond acceptors (Lipinski definition) is 6. The Bertz CT molecular complexity index is 860. The molecule has 0 saturated carbocycles. The van der Waals surface area contributed by atoms with Gasteiger partial charge in [0.25, 0.3) is 5.92 Å². The normalized spacial score (nSPS) is 16.1. The number of rotatable bonds is 7. The van der Waals surface area contributed by atoms with Gasteiger partial charge >= 0.3 is 11.9 Å². The van der Waals surface area contributed by atoms with Gasteiger partial charge in [0.2, 0.25) is 0 Å². The Morgan fingerprint density at radius 1 is 1.10 bits per heavy atom. The number of hydrogen-bond donors (Lipinski definition) is 1. The molecule has 1 aromatic carbocycles. The summed E-state index contributed by atoms with van der Waals surface area (Å²) in [5.41, 5.74) is 2.63. The number of nitrogens with one attached hydrogen (secondary N) is 1. The smallest absolute Gasteiger partial charge is 0.317 e. The summed E-state index contributed by atoms with van der Waals surface area (Å²) in [4.78, 5) is 28.8. The van der Waals surface area contributed by atoms with E-state index in [1.54, 1.807) is 6.20 Å². The van der Waals surface area contributed by atoms with Gasteiger partial charge in [0.05, 0.1) is 6.42 Å². The SMILES string of the molecule is CC(=O)OC(=O)Cc1ccc(-c2ccc(NCCN3CCC(F)(F)CC3)nc2)cc1. The van der Waals surface area contributed by atoms with Crippen molar-refractivity contribution in [2.45, 2.75) is 32.1 Å². The molecule has 1 saturated heterocycles. The van der Waals surface area contributed by atoms with Crippen molar-refractivity contribution < 1.29 is 23.1 Å². The third-order valence-electron chi connectivity index (χ3n) is 4.98. The number of piperidine rings is 1. The van der Waals surface area contributed by atoms with Crippen molar-refractivity contribution >= 4 is 17.8 Å². The number of alkyl halides is 2. The van der Waals surface area contributed by atoms with Gasteiger partial charge in [0, 0.05) is 57.7 Å². The molecule has 0 unspecified atom stereocenters. The fourth-order valence-corrected chi connectivity index (χ4v) is 3.29. The fraction of sp³-hybridized carbons (Fsp3) is 0.409. The number of aromatic nitrogens is 1. The van der Waals surface area contributed by atoms with Gasteiger partial charge in [-0.2, -0.15) is 0 Å². The molecule has 1 fully saturated rings. The molecule has 0 atom stereocenters. The molecule has 0 aliphatic carbocycles. The zero-order chi connectivity index (χ0) is 21.6. The zero-order valence-corrected chi connectivity index (χ0v) is 16.9. The third kappa shape index (κ3) is 6.59. The van der Waals surface area contributed by atoms with Gasteiger partial charge in [0.15, 0.2) is 0 Å². The van der Waals surface area contributed by atoms with E-state index in [0.717, 1.165) is 22.5 Å². The standard InChI is InChI=1S/C22H25F2N3O3/c1-16(28)30-21(29)14-17-2-4-18(5-3-17)19-6-7-20(26-15-19)25-10-13-27-11-8-22(23,24)9-12-27/h2-7,15H,8-14H2,1H3,(H,25,26). The van der Waals surface area contributed by atoms with E-state index < -0.39 is 17.9 Å². The molecule has 3 rings (SSSR count). The van der Waals surface area contributed by atoms with E-state index in [4.69, 9.17) is 0 Å². The van der Waals surface area contributed by atoms with E-state index in [0.29, 0.717) is 26.2 Å². The Morgan fingerprint density at radius 2 is 1.77 bits per heavy atom. The van der Waals surface area contributed by atoms with E-state index in [-0.39, 0.29) is 19.3 Å². The number of likely N-dealkylation sites (tertiary alicyclic amines) is 1. The molecule has 30 heavy (non-hydrogen) atoms. The van der Waals surface area contributed by atoms with Crippen LogP contribution in [0, 0.1) is 0 Å². The lowest BCUT2D eigenvalue weighted by atomic mass is 10.0. The first-order valence-corrected chi connectivity index (χ1v) is 9.91. The van der Waals surface area contributed by atoms with Crippen LogP contribution in [-0.4, -0.2) is 53.9 Å². The number of nitrogens with zero attached hydrogens (tertiary/aromatic N) is 2. The van der Waals surface area contributed by atoms with Crippen LogP contribution in [0.1, 0.15) is 25.3 Å². The van der Waals surface area contributed by atoms with E-state index in [1.165, 1.54) is 6.92 Å². The zero-order valence-electron chi connectivity index (χ0n) is 16.9. The van der Waals surface area contributed by atoms with Crippen molar-refractivity contribution in [2.24, 2.45) is 0 Å². The molecule has 1 aliphatic heterocycles. The Labute approximate surface area is 174 Å². The molecule has 1 aliphatic rings. The number of ether oxygens (including phenoxy) is 1. The quantitative estimate of drug-likeness (QED) is 0.549. The topological polar surface area (TPSA) is 71.5 Å². The van der Waals surface area contributed by atoms with Crippen molar-refractivity contribution in [3.63, 3.8) is 0 Å². The monoisotopic (exact) mass is 417 g/mol. The minimum atomic E-state index is -2.52. The van der Waals surface area contributed by atoms with Crippen LogP contribution < -0.4 is 5.32 Å². The molecular weight excluding hydrogens is 392 g/mol. The number of benzene rings is 1. The van der Waals surface area contributed by atoms with Crippen LogP contribution in [0.5, 0.6) is 0 Å². The lowest BCUT2D eigenvalue weighted by Gasteiger charge is -2.31. The Kier molecular flexibility index (Phi) is 7.10. The molecule has 2 aromatic rings. The molecule has 160 valence electrons. The van der Waals surface area contributed by atoms with Gasteiger partial charge in [-0.3, -0.25) is 9.59 Å². The third-order valence-corrected chi connectivity index (χ3v) is 4.98. The number of pyridine rings is 1. The second-order valence-electron chi connectivity index (χ2n) is 7.40. The van der Waals surface area contributed by atoms with E-state index >= 15 is 0 Å². The maximum atomic E-state index is 13.2. The van der Waals surface area contributed by atoms with Gasteiger partial charge in [0.1, 0.15) is 5.82 Å². The summed E-state index contributed by atoms with van der Waals surface area (Å²) >= 11 is 0. The maximum absolute atomic E-state index is 13.2. The first-order chi connectivity index (χ1) is 14.3. The van der Waals surface area contributed by atoms with Gasteiger partial charge in [-0.15, -0.1) is 0 Å². The Balaban J connectivity index is 1.47. The number of carbonyl (C=O) groups is 2. The highest BCUT2D eigenvalue weighted by Crippen LogP contribution is 2.27. The molecule has 0 radical (unpaired) electrons. The predicted octanol–water partition coefficient (Wildman–Crippen LogP) is 3.52. The molecule has 0 amide bonds. The Morgan fingerprint density at radius 3 is 2.37 bits per heavy atom. The summed E-state index contributed by atoms with van der Waals surface area (Å²) in [6.07, 6.45) is 1.64. The number of esters is 2. The van der Waals surface area contributed by atoms with Crippen molar-refractivity contribution in [1.82, 2.24) is 9.88 Å². The number of carbonyl (C=O) groups excluding carboxylic acids is 2. The average molecular weight is 417 g/mol.